The summed E-state index contributed by atoms with van der Waals surface area (Å²) in [6, 6.07) is -1.77. The molecular formula is C16H29ClF3N5O2. The van der Waals surface area contributed by atoms with E-state index in [1.807, 2.05) is 0 Å². The summed E-state index contributed by atoms with van der Waals surface area (Å²) in [5.41, 5.74) is 0. The fraction of sp³-hybridized carbons (Fsp3) is 0.875. The van der Waals surface area contributed by atoms with E-state index in [1.165, 1.54) is 9.80 Å². The SMILES string of the molecule is CN(C)C(=O)N1CCC(C(=O)NCC(N2CCNCC2)C(F)(F)F)CC1.Cl. The third kappa shape index (κ3) is 6.69. The van der Waals surface area contributed by atoms with E-state index in [-0.39, 0.29) is 30.3 Å². The summed E-state index contributed by atoms with van der Waals surface area (Å²) in [6.07, 6.45) is -3.45. The zero-order valence-electron chi connectivity index (χ0n) is 15.7. The van der Waals surface area contributed by atoms with Crippen molar-refractivity contribution in [2.24, 2.45) is 5.92 Å². The van der Waals surface area contributed by atoms with E-state index in [1.54, 1.807) is 19.0 Å². The van der Waals surface area contributed by atoms with Gasteiger partial charge in [-0.1, -0.05) is 0 Å². The maximum atomic E-state index is 13.4. The molecule has 1 unspecified atom stereocenters. The first kappa shape index (κ1) is 23.8. The summed E-state index contributed by atoms with van der Waals surface area (Å²) in [7, 11) is 3.32. The van der Waals surface area contributed by atoms with Crippen molar-refractivity contribution in [3.05, 3.63) is 0 Å². The second-order valence-corrected chi connectivity index (χ2v) is 7.03. The van der Waals surface area contributed by atoms with Crippen molar-refractivity contribution >= 4 is 24.3 Å². The molecule has 0 spiro atoms. The molecule has 1 atom stereocenters. The first-order chi connectivity index (χ1) is 12.2. The average molecular weight is 416 g/mol. The molecule has 2 saturated heterocycles. The van der Waals surface area contributed by atoms with E-state index in [0.717, 1.165) is 0 Å². The van der Waals surface area contributed by atoms with Crippen LogP contribution in [0, 0.1) is 5.92 Å². The third-order valence-corrected chi connectivity index (χ3v) is 4.96. The summed E-state index contributed by atoms with van der Waals surface area (Å²) < 4.78 is 40.1. The molecule has 2 N–H and O–H groups in total. The summed E-state index contributed by atoms with van der Waals surface area (Å²) in [5, 5.41) is 5.52. The van der Waals surface area contributed by atoms with Crippen molar-refractivity contribution < 1.29 is 22.8 Å². The Kier molecular flexibility index (Phi) is 9.10. The van der Waals surface area contributed by atoms with Crippen molar-refractivity contribution in [1.29, 1.82) is 0 Å². The smallest absolute Gasteiger partial charge is 0.354 e. The lowest BCUT2D eigenvalue weighted by Crippen LogP contribution is -2.58. The number of urea groups is 1. The number of likely N-dealkylation sites (tertiary alicyclic amines) is 1. The minimum absolute atomic E-state index is 0. The predicted octanol–water partition coefficient (Wildman–Crippen LogP) is 0.754. The molecule has 0 aromatic heterocycles. The van der Waals surface area contributed by atoms with Gasteiger partial charge >= 0.3 is 12.2 Å². The quantitative estimate of drug-likeness (QED) is 0.711. The van der Waals surface area contributed by atoms with Crippen LogP contribution in [0.3, 0.4) is 0 Å². The number of alkyl halides is 3. The van der Waals surface area contributed by atoms with Gasteiger partial charge < -0.3 is 20.4 Å². The largest absolute Gasteiger partial charge is 0.405 e. The van der Waals surface area contributed by atoms with E-state index in [0.29, 0.717) is 52.1 Å². The van der Waals surface area contributed by atoms with Crippen molar-refractivity contribution in [1.82, 2.24) is 25.3 Å². The Morgan fingerprint density at radius 1 is 1.15 bits per heavy atom. The molecule has 7 nitrogen and oxygen atoms in total. The number of amides is 3. The van der Waals surface area contributed by atoms with Gasteiger partial charge in [-0.2, -0.15) is 13.2 Å². The van der Waals surface area contributed by atoms with Crippen LogP contribution < -0.4 is 10.6 Å². The molecule has 0 bridgehead atoms. The third-order valence-electron chi connectivity index (χ3n) is 4.96. The maximum absolute atomic E-state index is 13.4. The number of nitrogens with one attached hydrogen (secondary N) is 2. The van der Waals surface area contributed by atoms with Crippen LogP contribution in [-0.2, 0) is 4.79 Å². The molecule has 3 amide bonds. The van der Waals surface area contributed by atoms with Crippen LogP contribution in [0.2, 0.25) is 0 Å². The monoisotopic (exact) mass is 415 g/mol. The lowest BCUT2D eigenvalue weighted by molar-refractivity contribution is -0.184. The molecule has 0 aliphatic carbocycles. The minimum atomic E-state index is -4.38. The fourth-order valence-corrected chi connectivity index (χ4v) is 3.40. The van der Waals surface area contributed by atoms with Crippen molar-refractivity contribution in [3.63, 3.8) is 0 Å². The molecular weight excluding hydrogens is 387 g/mol. The highest BCUT2D eigenvalue weighted by atomic mass is 35.5. The van der Waals surface area contributed by atoms with Crippen molar-refractivity contribution in [3.8, 4) is 0 Å². The molecule has 2 heterocycles. The van der Waals surface area contributed by atoms with Crippen LogP contribution in [0.15, 0.2) is 0 Å². The molecule has 0 aromatic carbocycles. The topological polar surface area (TPSA) is 67.9 Å². The summed E-state index contributed by atoms with van der Waals surface area (Å²) in [4.78, 5) is 28.7. The van der Waals surface area contributed by atoms with Gasteiger partial charge in [0.05, 0.1) is 0 Å². The summed E-state index contributed by atoms with van der Waals surface area (Å²) in [6.45, 7) is 2.10. The van der Waals surface area contributed by atoms with Gasteiger partial charge in [0.25, 0.3) is 0 Å². The van der Waals surface area contributed by atoms with E-state index in [4.69, 9.17) is 0 Å². The number of carbonyl (C=O) groups is 2. The number of piperazine rings is 1. The average Bonchev–Trinajstić information content (AvgIpc) is 2.61. The molecule has 2 rings (SSSR count). The predicted molar refractivity (Wildman–Crippen MR) is 97.9 cm³/mol. The van der Waals surface area contributed by atoms with Crippen molar-refractivity contribution in [2.75, 3.05) is 59.9 Å². The number of rotatable bonds is 4. The van der Waals surface area contributed by atoms with Gasteiger partial charge in [0.1, 0.15) is 6.04 Å². The normalized spacial score (nSPS) is 20.6. The summed E-state index contributed by atoms with van der Waals surface area (Å²) >= 11 is 0. The number of carbonyl (C=O) groups excluding carboxylic acids is 2. The van der Waals surface area contributed by atoms with Crippen LogP contribution in [0.5, 0.6) is 0 Å². The molecule has 0 radical (unpaired) electrons. The number of halogens is 4. The lowest BCUT2D eigenvalue weighted by Gasteiger charge is -2.36. The maximum Gasteiger partial charge on any atom is 0.405 e. The number of piperidine rings is 1. The first-order valence-corrected chi connectivity index (χ1v) is 8.95. The highest BCUT2D eigenvalue weighted by Gasteiger charge is 2.44. The van der Waals surface area contributed by atoms with E-state index < -0.39 is 18.8 Å². The Morgan fingerprint density at radius 2 is 1.70 bits per heavy atom. The molecule has 158 valence electrons. The molecule has 27 heavy (non-hydrogen) atoms. The van der Waals surface area contributed by atoms with Gasteiger partial charge in [-0.05, 0) is 12.8 Å². The van der Waals surface area contributed by atoms with Gasteiger partial charge in [0, 0.05) is 65.8 Å². The van der Waals surface area contributed by atoms with E-state index in [9.17, 15) is 22.8 Å². The van der Waals surface area contributed by atoms with Gasteiger partial charge in [0.15, 0.2) is 0 Å². The second kappa shape index (κ2) is 10.3. The Balaban J connectivity index is 0.00000364. The number of nitrogens with zero attached hydrogens (tertiary/aromatic N) is 3. The highest BCUT2D eigenvalue weighted by molar-refractivity contribution is 5.85. The van der Waals surface area contributed by atoms with Crippen LogP contribution in [0.4, 0.5) is 18.0 Å². The summed E-state index contributed by atoms with van der Waals surface area (Å²) in [5.74, 6) is -0.704. The molecule has 11 heteroatoms. The van der Waals surface area contributed by atoms with Crippen LogP contribution >= 0.6 is 12.4 Å². The zero-order valence-corrected chi connectivity index (χ0v) is 16.5. The molecule has 2 fully saturated rings. The van der Waals surface area contributed by atoms with Crippen LogP contribution in [-0.4, -0.2) is 98.8 Å². The van der Waals surface area contributed by atoms with Gasteiger partial charge in [-0.25, -0.2) is 4.79 Å². The standard InChI is InChI=1S/C16H28F3N5O2.ClH/c1-22(2)15(26)24-7-3-12(4-8-24)14(25)21-11-13(16(17,18)19)23-9-5-20-6-10-23;/h12-13,20H,3-11H2,1-2H3,(H,21,25);1H. The van der Waals surface area contributed by atoms with Crippen LogP contribution in [0.1, 0.15) is 12.8 Å². The lowest BCUT2D eigenvalue weighted by atomic mass is 9.96. The van der Waals surface area contributed by atoms with Gasteiger partial charge in [-0.3, -0.25) is 9.69 Å². The Labute approximate surface area is 164 Å². The molecule has 2 aliphatic rings. The van der Waals surface area contributed by atoms with E-state index in [2.05, 4.69) is 10.6 Å². The molecule has 0 aromatic rings. The first-order valence-electron chi connectivity index (χ1n) is 8.95. The van der Waals surface area contributed by atoms with Crippen LogP contribution in [0.25, 0.3) is 0 Å². The Bertz CT molecular complexity index is 493. The Hall–Kier alpha value is -1.26. The Morgan fingerprint density at radius 3 is 2.19 bits per heavy atom. The number of hydrogen-bond donors (Lipinski definition) is 2. The molecule has 2 aliphatic heterocycles. The second-order valence-electron chi connectivity index (χ2n) is 7.03. The van der Waals surface area contributed by atoms with E-state index >= 15 is 0 Å². The fourth-order valence-electron chi connectivity index (χ4n) is 3.40. The minimum Gasteiger partial charge on any atom is -0.354 e. The molecule has 0 saturated carbocycles. The van der Waals surface area contributed by atoms with Gasteiger partial charge in [0.2, 0.25) is 5.91 Å². The van der Waals surface area contributed by atoms with Crippen molar-refractivity contribution in [2.45, 2.75) is 25.1 Å². The zero-order chi connectivity index (χ0) is 19.3. The highest BCUT2D eigenvalue weighted by Crippen LogP contribution is 2.25. The van der Waals surface area contributed by atoms with Gasteiger partial charge in [-0.15, -0.1) is 12.4 Å². The number of hydrogen-bond acceptors (Lipinski definition) is 4.